The third-order valence-corrected chi connectivity index (χ3v) is 4.69. The standard InChI is InChI=1S/C18H17ClO3S/c1-12(20)23-14(11-18(21)22)10-13-6-2-3-7-15(13)16-8-4-5-9-17(16)19/h2-9,14H,10-11H2,1H3,(H,21,22). The number of rotatable bonds is 6. The van der Waals surface area contributed by atoms with Crippen LogP contribution in [-0.2, 0) is 16.0 Å². The lowest BCUT2D eigenvalue weighted by atomic mass is 9.96. The van der Waals surface area contributed by atoms with Gasteiger partial charge in [-0.25, -0.2) is 0 Å². The summed E-state index contributed by atoms with van der Waals surface area (Å²) in [7, 11) is 0. The van der Waals surface area contributed by atoms with Crippen molar-refractivity contribution in [3.05, 3.63) is 59.1 Å². The van der Waals surface area contributed by atoms with Crippen LogP contribution in [0.25, 0.3) is 11.1 Å². The van der Waals surface area contributed by atoms with Gasteiger partial charge in [0.1, 0.15) is 0 Å². The molecule has 0 fully saturated rings. The number of thioether (sulfide) groups is 1. The third kappa shape index (κ3) is 5.12. The van der Waals surface area contributed by atoms with Gasteiger partial charge in [0.15, 0.2) is 5.12 Å². The molecule has 1 atom stereocenters. The van der Waals surface area contributed by atoms with E-state index in [4.69, 9.17) is 16.7 Å². The Morgan fingerprint density at radius 2 is 1.70 bits per heavy atom. The fraction of sp³-hybridized carbons (Fsp3) is 0.222. The molecule has 0 amide bonds. The molecule has 0 aromatic heterocycles. The van der Waals surface area contributed by atoms with Crippen LogP contribution in [-0.4, -0.2) is 21.4 Å². The lowest BCUT2D eigenvalue weighted by molar-refractivity contribution is -0.136. The first-order chi connectivity index (χ1) is 11.0. The van der Waals surface area contributed by atoms with Crippen LogP contribution in [0, 0.1) is 0 Å². The van der Waals surface area contributed by atoms with Gasteiger partial charge in [-0.1, -0.05) is 65.8 Å². The second-order valence-corrected chi connectivity index (χ2v) is 7.05. The molecule has 1 N–H and O–H groups in total. The van der Waals surface area contributed by atoms with E-state index in [9.17, 15) is 9.59 Å². The molecular weight excluding hydrogens is 332 g/mol. The highest BCUT2D eigenvalue weighted by Crippen LogP contribution is 2.32. The van der Waals surface area contributed by atoms with Gasteiger partial charge in [-0.15, -0.1) is 0 Å². The van der Waals surface area contributed by atoms with Gasteiger partial charge in [0.25, 0.3) is 0 Å². The van der Waals surface area contributed by atoms with Crippen molar-refractivity contribution in [2.75, 3.05) is 0 Å². The van der Waals surface area contributed by atoms with Crippen LogP contribution in [0.1, 0.15) is 18.9 Å². The average molecular weight is 349 g/mol. The van der Waals surface area contributed by atoms with Gasteiger partial charge in [0.2, 0.25) is 0 Å². The molecule has 0 spiro atoms. The van der Waals surface area contributed by atoms with Crippen molar-refractivity contribution in [1.82, 2.24) is 0 Å². The highest BCUT2D eigenvalue weighted by molar-refractivity contribution is 8.14. The summed E-state index contributed by atoms with van der Waals surface area (Å²) in [6.45, 7) is 1.46. The maximum Gasteiger partial charge on any atom is 0.304 e. The summed E-state index contributed by atoms with van der Waals surface area (Å²) < 4.78 is 0. The minimum atomic E-state index is -0.904. The van der Waals surface area contributed by atoms with Crippen molar-refractivity contribution in [2.45, 2.75) is 25.0 Å². The summed E-state index contributed by atoms with van der Waals surface area (Å²) in [5.41, 5.74) is 2.87. The molecule has 23 heavy (non-hydrogen) atoms. The molecule has 2 aromatic carbocycles. The Bertz CT molecular complexity index is 699. The highest BCUT2D eigenvalue weighted by atomic mass is 35.5. The maximum absolute atomic E-state index is 11.4. The van der Waals surface area contributed by atoms with Gasteiger partial charge < -0.3 is 5.11 Å². The summed E-state index contributed by atoms with van der Waals surface area (Å²) in [5, 5.41) is 9.33. The van der Waals surface area contributed by atoms with Crippen molar-refractivity contribution < 1.29 is 14.7 Å². The first kappa shape index (κ1) is 17.6. The van der Waals surface area contributed by atoms with Crippen molar-refractivity contribution in [3.63, 3.8) is 0 Å². The molecule has 0 bridgehead atoms. The summed E-state index contributed by atoms with van der Waals surface area (Å²) >= 11 is 7.36. The Hall–Kier alpha value is -1.78. The monoisotopic (exact) mass is 348 g/mol. The molecule has 0 aliphatic carbocycles. The second kappa shape index (κ2) is 8.18. The van der Waals surface area contributed by atoms with Crippen LogP contribution in [0.5, 0.6) is 0 Å². The normalized spacial score (nSPS) is 11.9. The summed E-state index contributed by atoms with van der Waals surface area (Å²) in [4.78, 5) is 22.4. The Labute approximate surface area is 144 Å². The molecule has 2 rings (SSSR count). The van der Waals surface area contributed by atoms with E-state index in [1.165, 1.54) is 6.92 Å². The predicted molar refractivity (Wildman–Crippen MR) is 94.9 cm³/mol. The minimum Gasteiger partial charge on any atom is -0.481 e. The number of carboxylic acids is 1. The second-order valence-electron chi connectivity index (χ2n) is 5.17. The topological polar surface area (TPSA) is 54.4 Å². The van der Waals surface area contributed by atoms with E-state index in [1.54, 1.807) is 0 Å². The summed E-state index contributed by atoms with van der Waals surface area (Å²) in [6, 6.07) is 15.3. The van der Waals surface area contributed by atoms with E-state index >= 15 is 0 Å². The molecular formula is C18H17ClO3S. The van der Waals surface area contributed by atoms with Gasteiger partial charge in [-0.3, -0.25) is 9.59 Å². The number of carbonyl (C=O) groups excluding carboxylic acids is 1. The van der Waals surface area contributed by atoms with Gasteiger partial charge in [-0.2, -0.15) is 0 Å². The van der Waals surface area contributed by atoms with Crippen LogP contribution in [0.2, 0.25) is 5.02 Å². The Kier molecular flexibility index (Phi) is 6.25. The molecule has 5 heteroatoms. The van der Waals surface area contributed by atoms with Crippen LogP contribution >= 0.6 is 23.4 Å². The van der Waals surface area contributed by atoms with Crippen LogP contribution < -0.4 is 0 Å². The smallest absolute Gasteiger partial charge is 0.304 e. The first-order valence-corrected chi connectivity index (χ1v) is 8.45. The zero-order chi connectivity index (χ0) is 16.8. The van der Waals surface area contributed by atoms with Crippen molar-refractivity contribution in [3.8, 4) is 11.1 Å². The predicted octanol–water partition coefficient (Wildman–Crippen LogP) is 4.67. The first-order valence-electron chi connectivity index (χ1n) is 7.19. The molecule has 0 saturated carbocycles. The van der Waals surface area contributed by atoms with Gasteiger partial charge in [-0.05, 0) is 23.6 Å². The lowest BCUT2D eigenvalue weighted by Crippen LogP contribution is -2.15. The third-order valence-electron chi connectivity index (χ3n) is 3.36. The molecule has 0 saturated heterocycles. The van der Waals surface area contributed by atoms with Gasteiger partial charge >= 0.3 is 5.97 Å². The summed E-state index contributed by atoms with van der Waals surface area (Å²) in [5.74, 6) is -0.904. The van der Waals surface area contributed by atoms with Gasteiger partial charge in [0.05, 0.1) is 6.42 Å². The minimum absolute atomic E-state index is 0.0545. The van der Waals surface area contributed by atoms with E-state index in [2.05, 4.69) is 0 Å². The van der Waals surface area contributed by atoms with E-state index in [-0.39, 0.29) is 16.8 Å². The number of hydrogen-bond donors (Lipinski definition) is 1. The fourth-order valence-electron chi connectivity index (χ4n) is 2.47. The molecule has 0 aliphatic rings. The molecule has 0 heterocycles. The van der Waals surface area contributed by atoms with E-state index in [1.807, 2.05) is 48.5 Å². The van der Waals surface area contributed by atoms with Crippen molar-refractivity contribution in [1.29, 1.82) is 0 Å². The van der Waals surface area contributed by atoms with Gasteiger partial charge in [0, 0.05) is 22.8 Å². The van der Waals surface area contributed by atoms with Crippen LogP contribution in [0.15, 0.2) is 48.5 Å². The zero-order valence-corrected chi connectivity index (χ0v) is 14.2. The number of halogens is 1. The Balaban J connectivity index is 2.34. The molecule has 1 unspecified atom stereocenters. The SMILES string of the molecule is CC(=O)SC(CC(=O)O)Cc1ccccc1-c1ccccc1Cl. The van der Waals surface area contributed by atoms with E-state index < -0.39 is 5.97 Å². The van der Waals surface area contributed by atoms with Crippen molar-refractivity contribution >= 4 is 34.4 Å². The quantitative estimate of drug-likeness (QED) is 0.824. The zero-order valence-electron chi connectivity index (χ0n) is 12.7. The summed E-state index contributed by atoms with van der Waals surface area (Å²) in [6.07, 6.45) is 0.443. The maximum atomic E-state index is 11.4. The number of carbonyl (C=O) groups is 2. The highest BCUT2D eigenvalue weighted by Gasteiger charge is 2.19. The number of benzene rings is 2. The Morgan fingerprint density at radius 3 is 2.30 bits per heavy atom. The molecule has 2 aromatic rings. The molecule has 0 radical (unpaired) electrons. The molecule has 0 aliphatic heterocycles. The largest absolute Gasteiger partial charge is 0.481 e. The van der Waals surface area contributed by atoms with Crippen molar-refractivity contribution in [2.24, 2.45) is 0 Å². The number of carboxylic acid groups (broad SMARTS) is 1. The Morgan fingerprint density at radius 1 is 1.09 bits per heavy atom. The average Bonchev–Trinajstić information content (AvgIpc) is 2.47. The fourth-order valence-corrected chi connectivity index (χ4v) is 3.67. The van der Waals surface area contributed by atoms with E-state index in [0.717, 1.165) is 28.5 Å². The van der Waals surface area contributed by atoms with E-state index in [0.29, 0.717) is 11.4 Å². The van der Waals surface area contributed by atoms with Crippen LogP contribution in [0.4, 0.5) is 0 Å². The molecule has 3 nitrogen and oxygen atoms in total. The number of hydrogen-bond acceptors (Lipinski definition) is 3. The number of aliphatic carboxylic acids is 1. The lowest BCUT2D eigenvalue weighted by Gasteiger charge is -2.16. The molecule has 120 valence electrons. The van der Waals surface area contributed by atoms with Crippen LogP contribution in [0.3, 0.4) is 0 Å².